The molecule has 0 aromatic carbocycles. The molecular weight excluding hydrogens is 258 g/mol. The molecule has 0 aliphatic heterocycles. The Kier molecular flexibility index (Phi) is 4.57. The number of hydrogen-bond acceptors (Lipinski definition) is 2. The first kappa shape index (κ1) is 10.5. The van der Waals surface area contributed by atoms with Crippen LogP contribution in [-0.4, -0.2) is 13.1 Å². The van der Waals surface area contributed by atoms with Crippen LogP contribution in [0, 0.1) is 0 Å². The summed E-state index contributed by atoms with van der Waals surface area (Å²) in [5.74, 6) is 0. The molecule has 1 heterocycles. The highest BCUT2D eigenvalue weighted by Gasteiger charge is 2.03. The third-order valence-electron chi connectivity index (χ3n) is 1.49. The summed E-state index contributed by atoms with van der Waals surface area (Å²) in [5.41, 5.74) is 0. The van der Waals surface area contributed by atoms with E-state index in [-0.39, 0.29) is 0 Å². The van der Waals surface area contributed by atoms with Crippen molar-refractivity contribution in [3.63, 3.8) is 0 Å². The zero-order chi connectivity index (χ0) is 8.97. The standard InChI is InChI=1S/C8H11BrClNS/c1-2-11-4-3-6-5-7(9)8(10)12-6/h5,11H,2-4H2,1H3. The number of nitrogens with one attached hydrogen (secondary N) is 1. The molecule has 1 aromatic rings. The lowest BCUT2D eigenvalue weighted by Crippen LogP contribution is -2.15. The Bertz CT molecular complexity index is 230. The largest absolute Gasteiger partial charge is 0.317 e. The average molecular weight is 269 g/mol. The van der Waals surface area contributed by atoms with Crippen molar-refractivity contribution in [2.75, 3.05) is 13.1 Å². The number of rotatable bonds is 4. The van der Waals surface area contributed by atoms with E-state index >= 15 is 0 Å². The summed E-state index contributed by atoms with van der Waals surface area (Å²) in [4.78, 5) is 1.33. The summed E-state index contributed by atoms with van der Waals surface area (Å²) < 4.78 is 1.86. The second kappa shape index (κ2) is 5.22. The second-order valence-electron chi connectivity index (χ2n) is 2.44. The van der Waals surface area contributed by atoms with Crippen LogP contribution in [0.2, 0.25) is 4.34 Å². The Hall–Kier alpha value is 0.430. The molecule has 68 valence electrons. The van der Waals surface area contributed by atoms with Gasteiger partial charge in [-0.15, -0.1) is 11.3 Å². The van der Waals surface area contributed by atoms with Gasteiger partial charge < -0.3 is 5.32 Å². The molecule has 1 N–H and O–H groups in total. The van der Waals surface area contributed by atoms with Gasteiger partial charge in [0.2, 0.25) is 0 Å². The third-order valence-corrected chi connectivity index (χ3v) is 4.03. The van der Waals surface area contributed by atoms with Crippen molar-refractivity contribution < 1.29 is 0 Å². The molecule has 0 aliphatic carbocycles. The van der Waals surface area contributed by atoms with Gasteiger partial charge in [0.25, 0.3) is 0 Å². The van der Waals surface area contributed by atoms with Crippen molar-refractivity contribution in [1.29, 1.82) is 0 Å². The first-order valence-corrected chi connectivity index (χ1v) is 5.87. The maximum absolute atomic E-state index is 5.89. The predicted octanol–water partition coefficient (Wildman–Crippen LogP) is 3.32. The summed E-state index contributed by atoms with van der Waals surface area (Å²) in [5, 5.41) is 3.27. The predicted molar refractivity (Wildman–Crippen MR) is 59.3 cm³/mol. The molecule has 0 saturated heterocycles. The van der Waals surface area contributed by atoms with E-state index in [0.717, 1.165) is 28.3 Å². The minimum atomic E-state index is 0.849. The van der Waals surface area contributed by atoms with Crippen molar-refractivity contribution in [2.45, 2.75) is 13.3 Å². The van der Waals surface area contributed by atoms with Crippen LogP contribution in [0.25, 0.3) is 0 Å². The molecule has 12 heavy (non-hydrogen) atoms. The maximum atomic E-state index is 5.89. The fraction of sp³-hybridized carbons (Fsp3) is 0.500. The minimum absolute atomic E-state index is 0.849. The zero-order valence-electron chi connectivity index (χ0n) is 6.86. The van der Waals surface area contributed by atoms with Gasteiger partial charge in [0.1, 0.15) is 4.34 Å². The first-order valence-electron chi connectivity index (χ1n) is 3.88. The SMILES string of the molecule is CCNCCc1cc(Br)c(Cl)s1. The summed E-state index contributed by atoms with van der Waals surface area (Å²) in [6.07, 6.45) is 1.06. The van der Waals surface area contributed by atoms with Gasteiger partial charge in [0, 0.05) is 9.35 Å². The number of thiophene rings is 1. The van der Waals surface area contributed by atoms with Crippen LogP contribution in [0.1, 0.15) is 11.8 Å². The molecular formula is C8H11BrClNS. The van der Waals surface area contributed by atoms with Gasteiger partial charge in [0.05, 0.1) is 0 Å². The quantitative estimate of drug-likeness (QED) is 0.826. The summed E-state index contributed by atoms with van der Waals surface area (Å²) in [6, 6.07) is 2.09. The smallest absolute Gasteiger partial charge is 0.107 e. The van der Waals surface area contributed by atoms with Crippen molar-refractivity contribution in [1.82, 2.24) is 5.32 Å². The van der Waals surface area contributed by atoms with Gasteiger partial charge in [-0.2, -0.15) is 0 Å². The van der Waals surface area contributed by atoms with Crippen molar-refractivity contribution in [3.8, 4) is 0 Å². The molecule has 1 aromatic heterocycles. The number of likely N-dealkylation sites (N-methyl/N-ethyl adjacent to an activating group) is 1. The lowest BCUT2D eigenvalue weighted by atomic mass is 10.3. The summed E-state index contributed by atoms with van der Waals surface area (Å²) in [6.45, 7) is 4.16. The summed E-state index contributed by atoms with van der Waals surface area (Å²) >= 11 is 10.9. The normalized spacial score (nSPS) is 10.6. The Labute approximate surface area is 90.3 Å². The Morgan fingerprint density at radius 2 is 2.42 bits per heavy atom. The van der Waals surface area contributed by atoms with Gasteiger partial charge in [-0.1, -0.05) is 18.5 Å². The lowest BCUT2D eigenvalue weighted by molar-refractivity contribution is 0.721. The topological polar surface area (TPSA) is 12.0 Å². The van der Waals surface area contributed by atoms with Gasteiger partial charge in [-0.25, -0.2) is 0 Å². The maximum Gasteiger partial charge on any atom is 0.107 e. The van der Waals surface area contributed by atoms with E-state index in [1.165, 1.54) is 4.88 Å². The number of hydrogen-bond donors (Lipinski definition) is 1. The van der Waals surface area contributed by atoms with Crippen LogP contribution >= 0.6 is 38.9 Å². The molecule has 0 aliphatic rings. The lowest BCUT2D eigenvalue weighted by Gasteiger charge is -1.97. The van der Waals surface area contributed by atoms with E-state index in [1.807, 2.05) is 0 Å². The molecule has 0 atom stereocenters. The molecule has 0 amide bonds. The molecule has 4 heteroatoms. The molecule has 0 radical (unpaired) electrons. The van der Waals surface area contributed by atoms with Gasteiger partial charge in [-0.3, -0.25) is 0 Å². The van der Waals surface area contributed by atoms with Crippen molar-refractivity contribution in [3.05, 3.63) is 19.8 Å². The van der Waals surface area contributed by atoms with E-state index in [9.17, 15) is 0 Å². The van der Waals surface area contributed by atoms with Crippen LogP contribution in [0.5, 0.6) is 0 Å². The van der Waals surface area contributed by atoms with Crippen molar-refractivity contribution >= 4 is 38.9 Å². The first-order chi connectivity index (χ1) is 5.74. The van der Waals surface area contributed by atoms with E-state index in [0.29, 0.717) is 0 Å². The highest BCUT2D eigenvalue weighted by molar-refractivity contribution is 9.10. The van der Waals surface area contributed by atoms with Gasteiger partial charge >= 0.3 is 0 Å². The number of halogens is 2. The Morgan fingerprint density at radius 3 is 2.92 bits per heavy atom. The van der Waals surface area contributed by atoms with Gasteiger partial charge in [0.15, 0.2) is 0 Å². The zero-order valence-corrected chi connectivity index (χ0v) is 10.0. The fourth-order valence-electron chi connectivity index (χ4n) is 0.903. The molecule has 0 unspecified atom stereocenters. The summed E-state index contributed by atoms with van der Waals surface area (Å²) in [7, 11) is 0. The van der Waals surface area contributed by atoms with E-state index < -0.39 is 0 Å². The van der Waals surface area contributed by atoms with Crippen LogP contribution < -0.4 is 5.32 Å². The molecule has 1 rings (SSSR count). The van der Waals surface area contributed by atoms with Crippen LogP contribution in [0.3, 0.4) is 0 Å². The third kappa shape index (κ3) is 3.05. The molecule has 0 saturated carbocycles. The van der Waals surface area contributed by atoms with Gasteiger partial charge in [-0.05, 0) is 41.5 Å². The Morgan fingerprint density at radius 1 is 1.67 bits per heavy atom. The van der Waals surface area contributed by atoms with E-state index in [4.69, 9.17) is 11.6 Å². The highest BCUT2D eigenvalue weighted by atomic mass is 79.9. The van der Waals surface area contributed by atoms with E-state index in [1.54, 1.807) is 11.3 Å². The minimum Gasteiger partial charge on any atom is -0.317 e. The van der Waals surface area contributed by atoms with Crippen molar-refractivity contribution in [2.24, 2.45) is 0 Å². The Balaban J connectivity index is 2.42. The van der Waals surface area contributed by atoms with Crippen LogP contribution in [-0.2, 0) is 6.42 Å². The monoisotopic (exact) mass is 267 g/mol. The van der Waals surface area contributed by atoms with Crippen LogP contribution in [0.15, 0.2) is 10.5 Å². The average Bonchev–Trinajstić information content (AvgIpc) is 2.32. The fourth-order valence-corrected chi connectivity index (χ4v) is 2.69. The molecule has 0 fully saturated rings. The van der Waals surface area contributed by atoms with E-state index in [2.05, 4.69) is 34.2 Å². The highest BCUT2D eigenvalue weighted by Crippen LogP contribution is 2.31. The molecule has 1 nitrogen and oxygen atoms in total. The second-order valence-corrected chi connectivity index (χ2v) is 5.03. The van der Waals surface area contributed by atoms with Crippen LogP contribution in [0.4, 0.5) is 0 Å². The molecule has 0 spiro atoms. The molecule has 0 bridgehead atoms.